The molecule has 0 atom stereocenters. The molecular formula is C26H28BrN3O4S2. The van der Waals surface area contributed by atoms with Gasteiger partial charge in [0.15, 0.2) is 5.78 Å². The minimum atomic E-state index is -0.381. The van der Waals surface area contributed by atoms with E-state index in [2.05, 4.69) is 31.4 Å². The molecule has 0 unspecified atom stereocenters. The first-order valence-corrected chi connectivity index (χ1v) is 14.3. The number of hydrazone groups is 1. The highest BCUT2D eigenvalue weighted by Crippen LogP contribution is 2.39. The average Bonchev–Trinajstić information content (AvgIpc) is 3.54. The summed E-state index contributed by atoms with van der Waals surface area (Å²) in [6, 6.07) is 11.0. The summed E-state index contributed by atoms with van der Waals surface area (Å²) in [6.45, 7) is 6.19. The molecular weight excluding hydrogens is 562 g/mol. The SMILES string of the molecule is C/C(=N\NC(=O)c1ccc(C(=O)CCCCN2CCOCC2)s1)c1csc(-c2ccc(Br)cc2)c1O. The van der Waals surface area contributed by atoms with Crippen molar-refractivity contribution in [1.29, 1.82) is 0 Å². The number of ether oxygens (including phenoxy) is 1. The summed E-state index contributed by atoms with van der Waals surface area (Å²) < 4.78 is 6.32. The van der Waals surface area contributed by atoms with Gasteiger partial charge in [-0.1, -0.05) is 28.1 Å². The number of aromatic hydroxyl groups is 1. The normalized spacial score (nSPS) is 14.7. The molecule has 0 saturated carbocycles. The van der Waals surface area contributed by atoms with Crippen molar-refractivity contribution in [3.63, 3.8) is 0 Å². The molecule has 1 aliphatic heterocycles. The van der Waals surface area contributed by atoms with Gasteiger partial charge in [0.1, 0.15) is 5.75 Å². The topological polar surface area (TPSA) is 91.2 Å². The van der Waals surface area contributed by atoms with Gasteiger partial charge < -0.3 is 9.84 Å². The maximum absolute atomic E-state index is 12.6. The van der Waals surface area contributed by atoms with Crippen molar-refractivity contribution in [3.05, 3.63) is 61.6 Å². The number of nitrogens with one attached hydrogen (secondary N) is 1. The summed E-state index contributed by atoms with van der Waals surface area (Å²) in [5, 5.41) is 16.7. The third-order valence-corrected chi connectivity index (χ3v) is 8.59. The van der Waals surface area contributed by atoms with E-state index >= 15 is 0 Å². The second-order valence-corrected chi connectivity index (χ2v) is 11.3. The number of hydrogen-bond acceptors (Lipinski definition) is 8. The van der Waals surface area contributed by atoms with Crippen LogP contribution in [0.4, 0.5) is 0 Å². The first-order valence-electron chi connectivity index (χ1n) is 11.8. The fourth-order valence-electron chi connectivity index (χ4n) is 3.84. The molecule has 0 spiro atoms. The summed E-state index contributed by atoms with van der Waals surface area (Å²) in [6.07, 6.45) is 2.27. The van der Waals surface area contributed by atoms with Crippen LogP contribution >= 0.6 is 38.6 Å². The van der Waals surface area contributed by atoms with E-state index in [-0.39, 0.29) is 17.4 Å². The van der Waals surface area contributed by atoms with E-state index in [9.17, 15) is 14.7 Å². The van der Waals surface area contributed by atoms with Crippen molar-refractivity contribution in [2.24, 2.45) is 5.10 Å². The van der Waals surface area contributed by atoms with Crippen molar-refractivity contribution in [2.75, 3.05) is 32.8 Å². The highest BCUT2D eigenvalue weighted by atomic mass is 79.9. The molecule has 0 aliphatic carbocycles. The maximum atomic E-state index is 12.6. The summed E-state index contributed by atoms with van der Waals surface area (Å²) in [5.74, 6) is -0.187. The standard InChI is InChI=1S/C26H28BrN3O4S2/c1-17(20-16-35-25(24(20)32)18-5-7-19(27)8-6-18)28-29-26(33)23-10-9-22(36-23)21(31)4-2-3-11-30-12-14-34-15-13-30/h5-10,16,32H,2-4,11-15H2,1H3,(H,29,33)/b28-17+. The van der Waals surface area contributed by atoms with Crippen LogP contribution < -0.4 is 5.43 Å². The van der Waals surface area contributed by atoms with Gasteiger partial charge in [0, 0.05) is 29.4 Å². The average molecular weight is 591 g/mol. The number of unbranched alkanes of at least 4 members (excludes halogenated alkanes) is 1. The number of halogens is 1. The molecule has 10 heteroatoms. The molecule has 0 radical (unpaired) electrons. The van der Waals surface area contributed by atoms with Gasteiger partial charge in [0.2, 0.25) is 0 Å². The molecule has 36 heavy (non-hydrogen) atoms. The van der Waals surface area contributed by atoms with Crippen LogP contribution in [0.15, 0.2) is 51.4 Å². The van der Waals surface area contributed by atoms with Crippen molar-refractivity contribution in [3.8, 4) is 16.2 Å². The smallest absolute Gasteiger partial charge is 0.281 e. The minimum Gasteiger partial charge on any atom is -0.506 e. The molecule has 1 aliphatic rings. The predicted molar refractivity (Wildman–Crippen MR) is 149 cm³/mol. The highest BCUT2D eigenvalue weighted by molar-refractivity contribution is 9.10. The van der Waals surface area contributed by atoms with E-state index in [1.54, 1.807) is 19.1 Å². The maximum Gasteiger partial charge on any atom is 0.281 e. The molecule has 1 fully saturated rings. The van der Waals surface area contributed by atoms with Gasteiger partial charge in [0.05, 0.1) is 39.1 Å². The largest absolute Gasteiger partial charge is 0.506 e. The molecule has 1 aromatic carbocycles. The van der Waals surface area contributed by atoms with E-state index in [0.717, 1.165) is 60.6 Å². The van der Waals surface area contributed by atoms with Gasteiger partial charge >= 0.3 is 0 Å². The molecule has 2 aromatic heterocycles. The number of carbonyl (C=O) groups excluding carboxylic acids is 2. The second-order valence-electron chi connectivity index (χ2n) is 8.47. The zero-order chi connectivity index (χ0) is 25.5. The Balaban J connectivity index is 1.29. The van der Waals surface area contributed by atoms with Gasteiger partial charge in [-0.3, -0.25) is 14.5 Å². The van der Waals surface area contributed by atoms with Crippen LogP contribution in [0.2, 0.25) is 0 Å². The third kappa shape index (κ3) is 6.89. The van der Waals surface area contributed by atoms with E-state index in [0.29, 0.717) is 27.5 Å². The first-order chi connectivity index (χ1) is 17.4. The molecule has 3 heterocycles. The molecule has 1 amide bonds. The third-order valence-electron chi connectivity index (χ3n) is 5.92. The van der Waals surface area contributed by atoms with Crippen LogP contribution in [0.5, 0.6) is 5.75 Å². The quantitative estimate of drug-likeness (QED) is 0.135. The Morgan fingerprint density at radius 1 is 1.11 bits per heavy atom. The fourth-order valence-corrected chi connectivity index (χ4v) is 5.98. The summed E-state index contributed by atoms with van der Waals surface area (Å²) >= 11 is 6.01. The van der Waals surface area contributed by atoms with E-state index in [1.165, 1.54) is 22.7 Å². The van der Waals surface area contributed by atoms with Gasteiger partial charge in [-0.15, -0.1) is 22.7 Å². The van der Waals surface area contributed by atoms with Crippen LogP contribution in [-0.4, -0.2) is 60.3 Å². The number of rotatable bonds is 10. The summed E-state index contributed by atoms with van der Waals surface area (Å²) in [7, 11) is 0. The van der Waals surface area contributed by atoms with Crippen molar-refractivity contribution >= 4 is 56.0 Å². The Morgan fingerprint density at radius 2 is 1.83 bits per heavy atom. The van der Waals surface area contributed by atoms with Gasteiger partial charge in [-0.05, 0) is 56.1 Å². The lowest BCUT2D eigenvalue weighted by atomic mass is 10.1. The Morgan fingerprint density at radius 3 is 2.58 bits per heavy atom. The van der Waals surface area contributed by atoms with E-state index < -0.39 is 0 Å². The molecule has 4 rings (SSSR count). The Bertz CT molecular complexity index is 1230. The van der Waals surface area contributed by atoms with Crippen LogP contribution in [0.3, 0.4) is 0 Å². The highest BCUT2D eigenvalue weighted by Gasteiger charge is 2.17. The lowest BCUT2D eigenvalue weighted by Gasteiger charge is -2.26. The van der Waals surface area contributed by atoms with Gasteiger partial charge in [0.25, 0.3) is 5.91 Å². The molecule has 1 saturated heterocycles. The van der Waals surface area contributed by atoms with Crippen molar-refractivity contribution in [2.45, 2.75) is 26.2 Å². The Hall–Kier alpha value is -2.37. The number of ketones is 1. The predicted octanol–water partition coefficient (Wildman–Crippen LogP) is 5.78. The molecule has 0 bridgehead atoms. The number of benzene rings is 1. The number of hydrogen-bond donors (Lipinski definition) is 2. The molecule has 7 nitrogen and oxygen atoms in total. The number of amides is 1. The number of nitrogens with zero attached hydrogens (tertiary/aromatic N) is 2. The molecule has 2 N–H and O–H groups in total. The second kappa shape index (κ2) is 12.7. The Kier molecular flexibility index (Phi) is 9.44. The first kappa shape index (κ1) is 26.7. The number of carbonyl (C=O) groups is 2. The van der Waals surface area contributed by atoms with Crippen LogP contribution in [0.1, 0.15) is 51.1 Å². The van der Waals surface area contributed by atoms with E-state index in [4.69, 9.17) is 4.74 Å². The number of thiophene rings is 2. The summed E-state index contributed by atoms with van der Waals surface area (Å²) in [5.41, 5.74) is 4.51. The minimum absolute atomic E-state index is 0.0596. The number of morpholine rings is 1. The molecule has 190 valence electrons. The molecule has 3 aromatic rings. The fraction of sp³-hybridized carbons (Fsp3) is 0.346. The van der Waals surface area contributed by atoms with Crippen LogP contribution in [0.25, 0.3) is 10.4 Å². The number of Topliss-reactive ketones (excluding diaryl/α,β-unsaturated/α-hetero) is 1. The lowest BCUT2D eigenvalue weighted by Crippen LogP contribution is -2.36. The zero-order valence-electron chi connectivity index (χ0n) is 20.0. The van der Waals surface area contributed by atoms with E-state index in [1.807, 2.05) is 29.6 Å². The Labute approximate surface area is 226 Å². The van der Waals surface area contributed by atoms with Crippen LogP contribution in [0, 0.1) is 0 Å². The zero-order valence-corrected chi connectivity index (χ0v) is 23.2. The monoisotopic (exact) mass is 589 g/mol. The lowest BCUT2D eigenvalue weighted by molar-refractivity contribution is 0.0371. The van der Waals surface area contributed by atoms with Gasteiger partial charge in [-0.2, -0.15) is 5.10 Å². The van der Waals surface area contributed by atoms with Crippen molar-refractivity contribution in [1.82, 2.24) is 10.3 Å². The van der Waals surface area contributed by atoms with Gasteiger partial charge in [-0.25, -0.2) is 5.43 Å². The summed E-state index contributed by atoms with van der Waals surface area (Å²) in [4.78, 5) is 29.3. The van der Waals surface area contributed by atoms with Crippen molar-refractivity contribution < 1.29 is 19.4 Å². The van der Waals surface area contributed by atoms with Crippen LogP contribution in [-0.2, 0) is 4.74 Å².